The van der Waals surface area contributed by atoms with Crippen molar-refractivity contribution in [3.63, 3.8) is 0 Å². The van der Waals surface area contributed by atoms with Gasteiger partial charge < -0.3 is 14.9 Å². The number of carboxylic acid groups (broad SMARTS) is 1. The average molecular weight is 667 g/mol. The highest BCUT2D eigenvalue weighted by Gasteiger charge is 2.43. The van der Waals surface area contributed by atoms with E-state index in [-0.39, 0.29) is 22.1 Å². The topological polar surface area (TPSA) is 115 Å². The van der Waals surface area contributed by atoms with E-state index < -0.39 is 5.97 Å². The molecule has 2 unspecified atom stereocenters. The van der Waals surface area contributed by atoms with Crippen LogP contribution in [0.4, 0.5) is 16.0 Å². The molecule has 0 aromatic carbocycles. The molecule has 6 heterocycles. The van der Waals surface area contributed by atoms with Crippen LogP contribution in [0.1, 0.15) is 42.5 Å². The summed E-state index contributed by atoms with van der Waals surface area (Å²) in [6.45, 7) is 4.49. The number of pyridine rings is 2. The van der Waals surface area contributed by atoms with Crippen LogP contribution in [0.5, 0.6) is 0 Å². The number of carboxylic acids is 1. The highest BCUT2D eigenvalue weighted by molar-refractivity contribution is 7.20. The fourth-order valence-electron chi connectivity index (χ4n) is 6.97. The van der Waals surface area contributed by atoms with Crippen molar-refractivity contribution < 1.29 is 14.7 Å². The van der Waals surface area contributed by atoms with E-state index in [0.717, 1.165) is 37.2 Å². The summed E-state index contributed by atoms with van der Waals surface area (Å²) in [7, 11) is 0. The predicted octanol–water partition coefficient (Wildman–Crippen LogP) is 6.20. The van der Waals surface area contributed by atoms with Gasteiger partial charge in [0.25, 0.3) is 5.91 Å². The number of fused-ring (bicyclic) bond motifs is 1. The van der Waals surface area contributed by atoms with Crippen LogP contribution in [0.25, 0.3) is 11.4 Å². The van der Waals surface area contributed by atoms with Crippen LogP contribution in [0.15, 0.2) is 54.5 Å². The molecule has 234 valence electrons. The average Bonchev–Trinajstić information content (AvgIpc) is 3.75. The van der Waals surface area contributed by atoms with Crippen molar-refractivity contribution >= 4 is 62.4 Å². The number of likely N-dealkylation sites (tertiary alicyclic amines) is 1. The van der Waals surface area contributed by atoms with Crippen molar-refractivity contribution in [2.24, 2.45) is 11.8 Å². The summed E-state index contributed by atoms with van der Waals surface area (Å²) in [5.74, 6) is 0.272. The van der Waals surface area contributed by atoms with E-state index in [4.69, 9.17) is 28.2 Å². The van der Waals surface area contributed by atoms with Crippen LogP contribution in [-0.2, 0) is 4.79 Å². The second-order valence-corrected chi connectivity index (χ2v) is 13.9. The summed E-state index contributed by atoms with van der Waals surface area (Å²) in [6.07, 6.45) is 14.5. The quantitative estimate of drug-likeness (QED) is 0.304. The van der Waals surface area contributed by atoms with Crippen LogP contribution < -0.4 is 15.1 Å². The normalized spacial score (nSPS) is 22.0. The number of aromatic nitrogens is 3. The number of anilines is 3. The Balaban J connectivity index is 1.08. The molecule has 1 amide bonds. The van der Waals surface area contributed by atoms with Gasteiger partial charge in [0.1, 0.15) is 10.7 Å². The Labute approximate surface area is 275 Å². The molecule has 0 spiro atoms. The lowest BCUT2D eigenvalue weighted by Gasteiger charge is -2.32. The van der Waals surface area contributed by atoms with Gasteiger partial charge in [-0.25, -0.2) is 14.8 Å². The van der Waals surface area contributed by atoms with E-state index in [1.54, 1.807) is 41.6 Å². The number of thiazole rings is 1. The molecule has 1 aliphatic carbocycles. The van der Waals surface area contributed by atoms with E-state index in [0.29, 0.717) is 45.7 Å². The summed E-state index contributed by atoms with van der Waals surface area (Å²) in [5.41, 5.74) is 1.86. The third-order valence-electron chi connectivity index (χ3n) is 9.23. The number of nitrogens with zero attached hydrogens (tertiary/aromatic N) is 6. The maximum absolute atomic E-state index is 13.3. The zero-order chi connectivity index (χ0) is 31.1. The fourth-order valence-corrected chi connectivity index (χ4v) is 8.39. The van der Waals surface area contributed by atoms with Gasteiger partial charge in [0.15, 0.2) is 10.9 Å². The molecule has 3 aromatic rings. The van der Waals surface area contributed by atoms with E-state index >= 15 is 0 Å². The van der Waals surface area contributed by atoms with Crippen molar-refractivity contribution in [2.75, 3.05) is 47.8 Å². The van der Waals surface area contributed by atoms with Crippen LogP contribution in [0.2, 0.25) is 10.0 Å². The molecule has 3 aliphatic heterocycles. The Morgan fingerprint density at radius 3 is 2.47 bits per heavy atom. The number of carbonyl (C=O) groups excluding carboxylic acids is 1. The molecular weight excluding hydrogens is 633 g/mol. The standard InChI is InChI=1S/C32H33Cl2N7O3S/c33-23-6-9-35-26(13-23)27-30(41-17-21-15-40(16-22(21)18-41)24-4-2-1-3-5-24)45-32(37-27)38-29(42)20-12-25(34)28(36-14-20)39-10-7-19(8-11-39)31(43)44/h6-10,12-14,21-22,24H,1-5,11,15-18H2,(H,43,44)(H,37,38,42). The van der Waals surface area contributed by atoms with Gasteiger partial charge in [-0.15, -0.1) is 0 Å². The third-order valence-corrected chi connectivity index (χ3v) is 10.8. The number of nitrogens with one attached hydrogen (secondary N) is 1. The molecular formula is C32H33Cl2N7O3S. The van der Waals surface area contributed by atoms with Gasteiger partial charge >= 0.3 is 5.97 Å². The van der Waals surface area contributed by atoms with Crippen molar-refractivity contribution in [1.82, 2.24) is 19.9 Å². The first-order valence-corrected chi connectivity index (χ1v) is 16.9. The van der Waals surface area contributed by atoms with Crippen molar-refractivity contribution in [2.45, 2.75) is 38.1 Å². The maximum atomic E-state index is 13.3. The molecule has 1 saturated carbocycles. The Morgan fingerprint density at radius 2 is 1.80 bits per heavy atom. The molecule has 2 N–H and O–H groups in total. The third kappa shape index (κ3) is 6.31. The zero-order valence-electron chi connectivity index (χ0n) is 24.5. The summed E-state index contributed by atoms with van der Waals surface area (Å²) in [4.78, 5) is 45.2. The monoisotopic (exact) mass is 665 g/mol. The van der Waals surface area contributed by atoms with Gasteiger partial charge in [-0.1, -0.05) is 59.9 Å². The first kappa shape index (κ1) is 30.2. The number of hydrogen-bond acceptors (Lipinski definition) is 9. The number of aliphatic carboxylic acids is 1. The predicted molar refractivity (Wildman–Crippen MR) is 177 cm³/mol. The Bertz CT molecular complexity index is 1670. The lowest BCUT2D eigenvalue weighted by molar-refractivity contribution is -0.132. The molecule has 0 bridgehead atoms. The molecule has 3 fully saturated rings. The molecule has 3 aromatic heterocycles. The summed E-state index contributed by atoms with van der Waals surface area (Å²) in [6, 6.07) is 5.84. The van der Waals surface area contributed by atoms with Gasteiger partial charge in [0.2, 0.25) is 0 Å². The first-order chi connectivity index (χ1) is 21.8. The molecule has 0 radical (unpaired) electrons. The Hall–Kier alpha value is -3.51. The van der Waals surface area contributed by atoms with Gasteiger partial charge in [0.05, 0.1) is 21.9 Å². The van der Waals surface area contributed by atoms with Crippen LogP contribution in [-0.4, -0.2) is 75.6 Å². The molecule has 7 rings (SSSR count). The van der Waals surface area contributed by atoms with Crippen molar-refractivity contribution in [3.05, 3.63) is 70.1 Å². The largest absolute Gasteiger partial charge is 0.478 e. The van der Waals surface area contributed by atoms with Gasteiger partial charge in [0, 0.05) is 62.4 Å². The second-order valence-electron chi connectivity index (χ2n) is 12.1. The lowest BCUT2D eigenvalue weighted by atomic mass is 9.94. The maximum Gasteiger partial charge on any atom is 0.335 e. The van der Waals surface area contributed by atoms with E-state index in [1.165, 1.54) is 55.7 Å². The smallest absolute Gasteiger partial charge is 0.335 e. The molecule has 13 heteroatoms. The Morgan fingerprint density at radius 1 is 1.02 bits per heavy atom. The number of carbonyl (C=O) groups is 2. The van der Waals surface area contributed by atoms with Crippen LogP contribution in [0, 0.1) is 11.8 Å². The lowest BCUT2D eigenvalue weighted by Crippen LogP contribution is -2.37. The molecule has 10 nitrogen and oxygen atoms in total. The minimum absolute atomic E-state index is 0.201. The molecule has 45 heavy (non-hydrogen) atoms. The number of halogens is 2. The Kier molecular flexibility index (Phi) is 8.52. The van der Waals surface area contributed by atoms with Crippen LogP contribution in [0.3, 0.4) is 0 Å². The molecule has 2 saturated heterocycles. The number of hydrogen-bond donors (Lipinski definition) is 2. The fraction of sp³-hybridized carbons (Fsp3) is 0.406. The van der Waals surface area contributed by atoms with E-state index in [9.17, 15) is 14.7 Å². The highest BCUT2D eigenvalue weighted by atomic mass is 35.5. The van der Waals surface area contributed by atoms with E-state index in [1.807, 2.05) is 0 Å². The van der Waals surface area contributed by atoms with Gasteiger partial charge in [-0.2, -0.15) is 0 Å². The minimum Gasteiger partial charge on any atom is -0.478 e. The van der Waals surface area contributed by atoms with Crippen molar-refractivity contribution in [1.29, 1.82) is 0 Å². The number of amides is 1. The second kappa shape index (κ2) is 12.7. The number of rotatable bonds is 7. The first-order valence-electron chi connectivity index (χ1n) is 15.3. The van der Waals surface area contributed by atoms with Crippen molar-refractivity contribution in [3.8, 4) is 11.4 Å². The molecule has 2 atom stereocenters. The SMILES string of the molecule is O=C(O)C1=CCN(c2ncc(C(=O)Nc3nc(-c4cc(Cl)ccn4)c(N4CC5CN(C6CCCCC6)CC5C4)s3)cc2Cl)C=C1. The van der Waals surface area contributed by atoms with Crippen LogP contribution >= 0.6 is 34.5 Å². The highest BCUT2D eigenvalue weighted by Crippen LogP contribution is 2.44. The van der Waals surface area contributed by atoms with E-state index in [2.05, 4.69) is 25.1 Å². The zero-order valence-corrected chi connectivity index (χ0v) is 26.9. The van der Waals surface area contributed by atoms with Gasteiger partial charge in [-0.3, -0.25) is 20.0 Å². The summed E-state index contributed by atoms with van der Waals surface area (Å²) >= 11 is 14.3. The summed E-state index contributed by atoms with van der Waals surface area (Å²) in [5, 5.41) is 14.4. The summed E-state index contributed by atoms with van der Waals surface area (Å²) < 4.78 is 0. The van der Waals surface area contributed by atoms with Gasteiger partial charge in [-0.05, 0) is 49.0 Å². The minimum atomic E-state index is -0.995. The molecule has 4 aliphatic rings.